The summed E-state index contributed by atoms with van der Waals surface area (Å²) < 4.78 is 5.33. The number of amides is 2. The molecule has 132 valence electrons. The number of hydrogen-bond acceptors (Lipinski definition) is 4. The first-order valence-corrected chi connectivity index (χ1v) is 9.70. The Balaban J connectivity index is 1.66. The molecule has 3 rings (SSSR count). The van der Waals surface area contributed by atoms with Gasteiger partial charge in [-0.25, -0.2) is 0 Å². The van der Waals surface area contributed by atoms with Crippen molar-refractivity contribution in [2.45, 2.75) is 51.4 Å². The minimum Gasteiger partial charge on any atom is -0.381 e. The van der Waals surface area contributed by atoms with E-state index in [1.807, 2.05) is 6.07 Å². The fraction of sp³-hybridized carbons (Fsp3) is 0.667. The number of nitrogens with two attached hydrogens (primary N) is 1. The van der Waals surface area contributed by atoms with Gasteiger partial charge in [-0.3, -0.25) is 9.59 Å². The largest absolute Gasteiger partial charge is 0.381 e. The Labute approximate surface area is 146 Å². The molecule has 0 unspecified atom stereocenters. The number of nitrogens with one attached hydrogen (secondary N) is 1. The van der Waals surface area contributed by atoms with Crippen molar-refractivity contribution in [1.29, 1.82) is 0 Å². The molecule has 1 aliphatic carbocycles. The Bertz CT molecular complexity index is 580. The van der Waals surface area contributed by atoms with Gasteiger partial charge in [0.2, 0.25) is 5.91 Å². The third kappa shape index (κ3) is 3.81. The van der Waals surface area contributed by atoms with Gasteiger partial charge < -0.3 is 15.8 Å². The molecule has 1 aromatic heterocycles. The van der Waals surface area contributed by atoms with Gasteiger partial charge in [0, 0.05) is 24.6 Å². The van der Waals surface area contributed by atoms with E-state index in [0.717, 1.165) is 17.7 Å². The van der Waals surface area contributed by atoms with Crippen LogP contribution in [0.5, 0.6) is 0 Å². The average molecular weight is 350 g/mol. The molecule has 24 heavy (non-hydrogen) atoms. The molecule has 2 heterocycles. The van der Waals surface area contributed by atoms with Crippen molar-refractivity contribution >= 4 is 23.2 Å². The fourth-order valence-electron chi connectivity index (χ4n) is 3.57. The fourth-order valence-corrected chi connectivity index (χ4v) is 4.74. The van der Waals surface area contributed by atoms with Crippen LogP contribution in [-0.2, 0) is 22.4 Å². The molecule has 1 fully saturated rings. The molecule has 0 aromatic carbocycles. The van der Waals surface area contributed by atoms with E-state index < -0.39 is 5.41 Å². The van der Waals surface area contributed by atoms with Crippen LogP contribution >= 0.6 is 11.3 Å². The summed E-state index contributed by atoms with van der Waals surface area (Å²) in [6.07, 6.45) is 8.27. The Hall–Kier alpha value is -1.40. The second-order valence-electron chi connectivity index (χ2n) is 6.91. The minimum atomic E-state index is -0.667. The molecule has 0 saturated carbocycles. The third-order valence-electron chi connectivity index (χ3n) is 5.28. The molecule has 1 aliphatic heterocycles. The Morgan fingerprint density at radius 3 is 2.58 bits per heavy atom. The number of ether oxygens (including phenoxy) is 1. The van der Waals surface area contributed by atoms with Gasteiger partial charge in [0.15, 0.2) is 0 Å². The predicted molar refractivity (Wildman–Crippen MR) is 94.2 cm³/mol. The molecular formula is C18H26N2O3S. The quantitative estimate of drug-likeness (QED) is 0.875. The zero-order chi connectivity index (χ0) is 17.0. The summed E-state index contributed by atoms with van der Waals surface area (Å²) in [5.41, 5.74) is 6.27. The molecule has 0 spiro atoms. The summed E-state index contributed by atoms with van der Waals surface area (Å²) in [4.78, 5) is 26.6. The normalized spacial score (nSPS) is 20.5. The predicted octanol–water partition coefficient (Wildman–Crippen LogP) is 2.42. The number of rotatable bonds is 4. The van der Waals surface area contributed by atoms with E-state index in [1.165, 1.54) is 36.1 Å². The van der Waals surface area contributed by atoms with Gasteiger partial charge >= 0.3 is 0 Å². The molecule has 0 atom stereocenters. The van der Waals surface area contributed by atoms with Gasteiger partial charge in [0.05, 0.1) is 10.3 Å². The molecular weight excluding hydrogens is 324 g/mol. The second kappa shape index (κ2) is 7.66. The van der Waals surface area contributed by atoms with Crippen LogP contribution in [-0.4, -0.2) is 31.6 Å². The van der Waals surface area contributed by atoms with E-state index in [-0.39, 0.29) is 11.8 Å². The van der Waals surface area contributed by atoms with E-state index >= 15 is 0 Å². The zero-order valence-corrected chi connectivity index (χ0v) is 14.9. The third-order valence-corrected chi connectivity index (χ3v) is 6.52. The van der Waals surface area contributed by atoms with Crippen molar-refractivity contribution in [3.05, 3.63) is 21.4 Å². The summed E-state index contributed by atoms with van der Waals surface area (Å²) in [5, 5.41) is 2.95. The van der Waals surface area contributed by atoms with Crippen LogP contribution in [0.2, 0.25) is 0 Å². The summed E-state index contributed by atoms with van der Waals surface area (Å²) in [6.45, 7) is 1.34. The number of hydrogen-bond donors (Lipinski definition) is 2. The summed E-state index contributed by atoms with van der Waals surface area (Å²) in [5.74, 6) is -0.427. The van der Waals surface area contributed by atoms with Crippen LogP contribution in [0.3, 0.4) is 0 Å². The Kier molecular flexibility index (Phi) is 5.56. The van der Waals surface area contributed by atoms with Crippen molar-refractivity contribution in [3.8, 4) is 0 Å². The van der Waals surface area contributed by atoms with Crippen molar-refractivity contribution in [1.82, 2.24) is 5.32 Å². The van der Waals surface area contributed by atoms with Gasteiger partial charge in [-0.1, -0.05) is 12.8 Å². The highest BCUT2D eigenvalue weighted by molar-refractivity contribution is 7.14. The van der Waals surface area contributed by atoms with E-state index in [0.29, 0.717) is 32.6 Å². The Morgan fingerprint density at radius 2 is 1.88 bits per heavy atom. The molecule has 0 bridgehead atoms. The first-order valence-electron chi connectivity index (χ1n) is 8.88. The Morgan fingerprint density at radius 1 is 1.17 bits per heavy atom. The van der Waals surface area contributed by atoms with Crippen molar-refractivity contribution in [3.63, 3.8) is 0 Å². The molecule has 1 saturated heterocycles. The van der Waals surface area contributed by atoms with Crippen LogP contribution in [0.4, 0.5) is 0 Å². The monoisotopic (exact) mass is 350 g/mol. The molecule has 2 amide bonds. The second-order valence-corrected chi connectivity index (χ2v) is 8.05. The van der Waals surface area contributed by atoms with Crippen LogP contribution < -0.4 is 11.1 Å². The lowest BCUT2D eigenvalue weighted by molar-refractivity contribution is -0.132. The lowest BCUT2D eigenvalue weighted by Gasteiger charge is -2.34. The first kappa shape index (κ1) is 17.4. The van der Waals surface area contributed by atoms with E-state index in [4.69, 9.17) is 10.5 Å². The molecule has 1 aromatic rings. The first-order chi connectivity index (χ1) is 11.6. The highest BCUT2D eigenvalue weighted by Gasteiger charge is 2.38. The maximum atomic E-state index is 12.6. The molecule has 2 aliphatic rings. The zero-order valence-electron chi connectivity index (χ0n) is 14.1. The topological polar surface area (TPSA) is 81.4 Å². The van der Waals surface area contributed by atoms with Crippen molar-refractivity contribution < 1.29 is 14.3 Å². The highest BCUT2D eigenvalue weighted by Crippen LogP contribution is 2.31. The summed E-state index contributed by atoms with van der Waals surface area (Å²) in [7, 11) is 0. The highest BCUT2D eigenvalue weighted by atomic mass is 32.1. The van der Waals surface area contributed by atoms with Gasteiger partial charge in [0.25, 0.3) is 5.91 Å². The standard InChI is InChI=1S/C18H26N2O3S/c19-17(22)18(7-9-23-10-8-18)12-20-16(21)15-11-13-5-3-1-2-4-6-14(13)24-15/h11H,1-10,12H2,(H2,19,22)(H,20,21). The van der Waals surface area contributed by atoms with Gasteiger partial charge in [-0.15, -0.1) is 11.3 Å². The molecule has 5 nitrogen and oxygen atoms in total. The number of thiophene rings is 1. The van der Waals surface area contributed by atoms with Crippen LogP contribution in [0.1, 0.15) is 58.6 Å². The number of primary amides is 1. The lowest BCUT2D eigenvalue weighted by Crippen LogP contribution is -2.49. The summed E-state index contributed by atoms with van der Waals surface area (Å²) >= 11 is 1.61. The van der Waals surface area contributed by atoms with E-state index in [9.17, 15) is 9.59 Å². The van der Waals surface area contributed by atoms with Crippen molar-refractivity contribution in [2.75, 3.05) is 19.8 Å². The summed E-state index contributed by atoms with van der Waals surface area (Å²) in [6, 6.07) is 2.04. The van der Waals surface area contributed by atoms with Gasteiger partial charge in [0.1, 0.15) is 0 Å². The van der Waals surface area contributed by atoms with Gasteiger partial charge in [-0.05, 0) is 50.2 Å². The molecule has 6 heteroatoms. The number of carbonyl (C=O) groups is 2. The van der Waals surface area contributed by atoms with Crippen LogP contribution in [0.15, 0.2) is 6.07 Å². The average Bonchev–Trinajstić information content (AvgIpc) is 2.95. The smallest absolute Gasteiger partial charge is 0.261 e. The molecule has 3 N–H and O–H groups in total. The van der Waals surface area contributed by atoms with Crippen LogP contribution in [0.25, 0.3) is 0 Å². The maximum Gasteiger partial charge on any atom is 0.261 e. The SMILES string of the molecule is NC(=O)C1(CNC(=O)c2cc3c(s2)CCCCCC3)CCOCC1. The van der Waals surface area contributed by atoms with Crippen LogP contribution in [0, 0.1) is 5.41 Å². The van der Waals surface area contributed by atoms with Crippen molar-refractivity contribution in [2.24, 2.45) is 11.1 Å². The molecule has 0 radical (unpaired) electrons. The number of carbonyl (C=O) groups excluding carboxylic acids is 2. The van der Waals surface area contributed by atoms with Gasteiger partial charge in [-0.2, -0.15) is 0 Å². The van der Waals surface area contributed by atoms with E-state index in [2.05, 4.69) is 5.32 Å². The number of fused-ring (bicyclic) bond motifs is 1. The number of aryl methyl sites for hydroxylation is 2. The van der Waals surface area contributed by atoms with E-state index in [1.54, 1.807) is 11.3 Å². The lowest BCUT2D eigenvalue weighted by atomic mass is 9.79. The minimum absolute atomic E-state index is 0.0844. The maximum absolute atomic E-state index is 12.6.